The zero-order valence-electron chi connectivity index (χ0n) is 13.8. The lowest BCUT2D eigenvalue weighted by Gasteiger charge is -2.13. The molecule has 0 saturated heterocycles. The lowest BCUT2D eigenvalue weighted by Crippen LogP contribution is -2.15. The second-order valence-corrected chi connectivity index (χ2v) is 7.20. The summed E-state index contributed by atoms with van der Waals surface area (Å²) in [6, 6.07) is 7.95. The molecule has 4 nitrogen and oxygen atoms in total. The largest absolute Gasteiger partial charge is 0.396 e. The number of hydrogen-bond acceptors (Lipinski definition) is 3. The molecule has 4 rings (SSSR count). The number of fused-ring (bicyclic) bond motifs is 1. The second-order valence-electron chi connectivity index (χ2n) is 6.39. The lowest BCUT2D eigenvalue weighted by molar-refractivity contribution is -0.117. The van der Waals surface area contributed by atoms with E-state index >= 15 is 0 Å². The van der Waals surface area contributed by atoms with Crippen molar-refractivity contribution in [3.05, 3.63) is 52.4 Å². The number of nitrogens with two attached hydrogens (primary N) is 1. The van der Waals surface area contributed by atoms with Crippen molar-refractivity contribution in [2.45, 2.75) is 12.6 Å². The molecule has 1 amide bonds. The third kappa shape index (κ3) is 3.19. The number of alkyl halides is 1. The van der Waals surface area contributed by atoms with Gasteiger partial charge in [-0.15, -0.1) is 0 Å². The van der Waals surface area contributed by atoms with E-state index in [0.717, 1.165) is 0 Å². The molecule has 0 radical (unpaired) electrons. The van der Waals surface area contributed by atoms with E-state index in [1.165, 1.54) is 6.20 Å². The topological polar surface area (TPSA) is 68.0 Å². The first-order chi connectivity index (χ1) is 12.9. The average Bonchev–Trinajstić information content (AvgIpc) is 3.36. The Balaban J connectivity index is 1.81. The minimum Gasteiger partial charge on any atom is -0.396 e. The van der Waals surface area contributed by atoms with Crippen molar-refractivity contribution in [2.24, 2.45) is 5.92 Å². The third-order valence-corrected chi connectivity index (χ3v) is 5.16. The molecule has 2 aromatic carbocycles. The van der Waals surface area contributed by atoms with E-state index in [0.29, 0.717) is 16.3 Å². The summed E-state index contributed by atoms with van der Waals surface area (Å²) in [7, 11) is 0. The number of pyridine rings is 1. The zero-order valence-corrected chi connectivity index (χ0v) is 15.3. The number of rotatable bonds is 3. The van der Waals surface area contributed by atoms with Gasteiger partial charge < -0.3 is 11.1 Å². The first-order valence-electron chi connectivity index (χ1n) is 8.14. The molecular formula is C19H13Cl2F2N3O. The number of nitrogens with zero attached hydrogens (tertiary/aromatic N) is 1. The van der Waals surface area contributed by atoms with Gasteiger partial charge in [0.25, 0.3) is 0 Å². The Morgan fingerprint density at radius 2 is 1.93 bits per heavy atom. The standard InChI is InChI=1S/C19H13Cl2F2N3O/c20-12-2-1-3-13(21)16(12)10-4-8-5-15(26-19(27)9-6-14(9)22)25-7-11(8)18(24)17(10)23/h1-5,7,9,14H,6,24H2,(H,25,26,27). The number of hydrogen-bond donors (Lipinski definition) is 2. The van der Waals surface area contributed by atoms with Gasteiger partial charge in [0.05, 0.1) is 11.6 Å². The number of carbonyl (C=O) groups excluding carboxylic acids is 1. The smallest absolute Gasteiger partial charge is 0.231 e. The highest BCUT2D eigenvalue weighted by Crippen LogP contribution is 2.40. The van der Waals surface area contributed by atoms with Crippen LogP contribution in [0.2, 0.25) is 10.0 Å². The molecule has 2 atom stereocenters. The number of amides is 1. The van der Waals surface area contributed by atoms with E-state index in [2.05, 4.69) is 10.3 Å². The van der Waals surface area contributed by atoms with Crippen LogP contribution in [0.3, 0.4) is 0 Å². The van der Waals surface area contributed by atoms with E-state index in [9.17, 15) is 13.6 Å². The first kappa shape index (κ1) is 17.9. The molecular weight excluding hydrogens is 395 g/mol. The number of aromatic nitrogens is 1. The summed E-state index contributed by atoms with van der Waals surface area (Å²) in [5.41, 5.74) is 6.31. The van der Waals surface area contributed by atoms with Crippen molar-refractivity contribution in [1.82, 2.24) is 4.98 Å². The van der Waals surface area contributed by atoms with Crippen LogP contribution in [0.1, 0.15) is 6.42 Å². The van der Waals surface area contributed by atoms with E-state index in [1.807, 2.05) is 0 Å². The predicted molar refractivity (Wildman–Crippen MR) is 103 cm³/mol. The van der Waals surface area contributed by atoms with Crippen molar-refractivity contribution in [2.75, 3.05) is 11.1 Å². The van der Waals surface area contributed by atoms with Gasteiger partial charge in [0.1, 0.15) is 12.0 Å². The van der Waals surface area contributed by atoms with Gasteiger partial charge in [-0.1, -0.05) is 29.3 Å². The highest BCUT2D eigenvalue weighted by molar-refractivity contribution is 6.39. The van der Waals surface area contributed by atoms with Gasteiger partial charge in [-0.05, 0) is 36.1 Å². The van der Waals surface area contributed by atoms with E-state index in [1.54, 1.807) is 30.3 Å². The number of benzene rings is 2. The van der Waals surface area contributed by atoms with Crippen molar-refractivity contribution < 1.29 is 13.6 Å². The predicted octanol–water partition coefficient (Wildman–Crippen LogP) is 5.23. The second kappa shape index (κ2) is 6.62. The SMILES string of the molecule is Nc1c(F)c(-c2c(Cl)cccc2Cl)cc2cc(NC(=O)C3CC3F)ncc12. The van der Waals surface area contributed by atoms with Gasteiger partial charge >= 0.3 is 0 Å². The Bertz CT molecular complexity index is 1070. The van der Waals surface area contributed by atoms with Crippen LogP contribution in [0.25, 0.3) is 21.9 Å². The highest BCUT2D eigenvalue weighted by atomic mass is 35.5. The van der Waals surface area contributed by atoms with E-state index in [4.69, 9.17) is 28.9 Å². The zero-order chi connectivity index (χ0) is 19.3. The van der Waals surface area contributed by atoms with Gasteiger partial charge in [0.15, 0.2) is 5.82 Å². The van der Waals surface area contributed by atoms with Gasteiger partial charge in [0, 0.05) is 32.8 Å². The van der Waals surface area contributed by atoms with E-state index in [-0.39, 0.29) is 33.5 Å². The molecule has 1 fully saturated rings. The van der Waals surface area contributed by atoms with Gasteiger partial charge in [-0.2, -0.15) is 0 Å². The van der Waals surface area contributed by atoms with Crippen LogP contribution in [-0.2, 0) is 4.79 Å². The maximum absolute atomic E-state index is 14.9. The number of halogens is 4. The van der Waals surface area contributed by atoms with Gasteiger partial charge in [-0.25, -0.2) is 13.8 Å². The Labute approximate surface area is 163 Å². The molecule has 3 N–H and O–H groups in total. The molecule has 1 aromatic heterocycles. The molecule has 3 aromatic rings. The monoisotopic (exact) mass is 407 g/mol. The molecule has 1 heterocycles. The summed E-state index contributed by atoms with van der Waals surface area (Å²) < 4.78 is 27.9. The summed E-state index contributed by atoms with van der Waals surface area (Å²) >= 11 is 12.4. The molecule has 0 spiro atoms. The first-order valence-corrected chi connectivity index (χ1v) is 8.89. The van der Waals surface area contributed by atoms with E-state index < -0.39 is 23.8 Å². The third-order valence-electron chi connectivity index (χ3n) is 4.53. The number of anilines is 2. The quantitative estimate of drug-likeness (QED) is 0.584. The summed E-state index contributed by atoms with van der Waals surface area (Å²) in [6.45, 7) is 0. The fourth-order valence-corrected chi connectivity index (χ4v) is 3.56. The van der Waals surface area contributed by atoms with Crippen molar-refractivity contribution >= 4 is 51.4 Å². The summed E-state index contributed by atoms with van der Waals surface area (Å²) in [6.07, 6.45) is 0.470. The average molecular weight is 408 g/mol. The maximum atomic E-state index is 14.9. The molecule has 0 aliphatic heterocycles. The van der Waals surface area contributed by atoms with Crippen LogP contribution in [0.15, 0.2) is 36.5 Å². The number of nitrogen functional groups attached to an aromatic ring is 1. The van der Waals surface area contributed by atoms with Crippen LogP contribution in [-0.4, -0.2) is 17.1 Å². The molecule has 1 aliphatic carbocycles. The highest BCUT2D eigenvalue weighted by Gasteiger charge is 2.43. The van der Waals surface area contributed by atoms with Crippen LogP contribution >= 0.6 is 23.2 Å². The molecule has 1 aliphatic rings. The van der Waals surface area contributed by atoms with Gasteiger partial charge in [0.2, 0.25) is 5.91 Å². The van der Waals surface area contributed by atoms with Crippen LogP contribution in [0.5, 0.6) is 0 Å². The summed E-state index contributed by atoms with van der Waals surface area (Å²) in [4.78, 5) is 16.0. The minimum atomic E-state index is -1.11. The maximum Gasteiger partial charge on any atom is 0.231 e. The molecule has 138 valence electrons. The molecule has 2 unspecified atom stereocenters. The van der Waals surface area contributed by atoms with Crippen molar-refractivity contribution in [1.29, 1.82) is 0 Å². The van der Waals surface area contributed by atoms with Gasteiger partial charge in [-0.3, -0.25) is 4.79 Å². The molecule has 1 saturated carbocycles. The normalized spacial score (nSPS) is 18.5. The van der Waals surface area contributed by atoms with Crippen LogP contribution < -0.4 is 11.1 Å². The molecule has 0 bridgehead atoms. The van der Waals surface area contributed by atoms with Crippen molar-refractivity contribution in [3.8, 4) is 11.1 Å². The Hall–Kier alpha value is -2.44. The van der Waals surface area contributed by atoms with Crippen molar-refractivity contribution in [3.63, 3.8) is 0 Å². The summed E-state index contributed by atoms with van der Waals surface area (Å²) in [5, 5.41) is 4.05. The lowest BCUT2D eigenvalue weighted by atomic mass is 9.99. The van der Waals surface area contributed by atoms with Crippen LogP contribution in [0.4, 0.5) is 20.3 Å². The molecule has 8 heteroatoms. The summed E-state index contributed by atoms with van der Waals surface area (Å²) in [5.74, 6) is -1.50. The van der Waals surface area contributed by atoms with Crippen LogP contribution in [0, 0.1) is 11.7 Å². The Morgan fingerprint density at radius 1 is 1.26 bits per heavy atom. The Kier molecular flexibility index (Phi) is 4.40. The Morgan fingerprint density at radius 3 is 2.56 bits per heavy atom. The fraction of sp³-hybridized carbons (Fsp3) is 0.158. The fourth-order valence-electron chi connectivity index (χ4n) is 2.96. The number of nitrogens with one attached hydrogen (secondary N) is 1. The minimum absolute atomic E-state index is 0.102. The number of carbonyl (C=O) groups is 1. The molecule has 27 heavy (non-hydrogen) atoms.